The zero-order valence-electron chi connectivity index (χ0n) is 13.4. The molecule has 0 amide bonds. The maximum Gasteiger partial charge on any atom is 0.122 e. The van der Waals surface area contributed by atoms with Gasteiger partial charge < -0.3 is 4.74 Å². The molecule has 0 radical (unpaired) electrons. The highest BCUT2D eigenvalue weighted by Gasteiger charge is 2.31. The lowest BCUT2D eigenvalue weighted by molar-refractivity contribution is 0.293. The summed E-state index contributed by atoms with van der Waals surface area (Å²) in [4.78, 5) is 0. The Morgan fingerprint density at radius 1 is 1.33 bits per heavy atom. The molecule has 21 heavy (non-hydrogen) atoms. The second kappa shape index (κ2) is 6.95. The molecule has 0 aliphatic heterocycles. The second-order valence-corrected chi connectivity index (χ2v) is 6.44. The van der Waals surface area contributed by atoms with Crippen molar-refractivity contribution in [1.29, 1.82) is 5.26 Å². The standard InChI is InChI=1S/C18H26N2O/c1-14-6-7-15(2)17(12-14)21-11-5-4-10-18(3,13-19)20-16-8-9-16/h6-7,12,16,20H,4-5,8-11H2,1-3H3. The van der Waals surface area contributed by atoms with E-state index < -0.39 is 0 Å². The topological polar surface area (TPSA) is 45.0 Å². The maximum atomic E-state index is 9.32. The van der Waals surface area contributed by atoms with Gasteiger partial charge in [-0.3, -0.25) is 5.32 Å². The molecule has 0 saturated heterocycles. The number of benzene rings is 1. The quantitative estimate of drug-likeness (QED) is 0.737. The van der Waals surface area contributed by atoms with Crippen molar-refractivity contribution in [2.24, 2.45) is 0 Å². The van der Waals surface area contributed by atoms with Crippen LogP contribution < -0.4 is 10.1 Å². The number of nitrogens with zero attached hydrogens (tertiary/aromatic N) is 1. The van der Waals surface area contributed by atoms with Crippen LogP contribution in [0.1, 0.15) is 50.2 Å². The van der Waals surface area contributed by atoms with Crippen molar-refractivity contribution >= 4 is 0 Å². The van der Waals surface area contributed by atoms with Crippen LogP contribution in [-0.4, -0.2) is 18.2 Å². The smallest absolute Gasteiger partial charge is 0.122 e. The third kappa shape index (κ3) is 5.06. The Morgan fingerprint density at radius 2 is 2.10 bits per heavy atom. The fraction of sp³-hybridized carbons (Fsp3) is 0.611. The predicted molar refractivity (Wildman–Crippen MR) is 85.4 cm³/mol. The molecule has 1 aliphatic rings. The first-order chi connectivity index (χ1) is 10.0. The molecule has 1 aliphatic carbocycles. The first kappa shape index (κ1) is 15.9. The molecule has 0 bridgehead atoms. The molecule has 1 aromatic carbocycles. The molecule has 1 atom stereocenters. The van der Waals surface area contributed by atoms with Gasteiger partial charge in [0.15, 0.2) is 0 Å². The van der Waals surface area contributed by atoms with E-state index in [1.807, 2.05) is 6.92 Å². The van der Waals surface area contributed by atoms with E-state index >= 15 is 0 Å². The lowest BCUT2D eigenvalue weighted by atomic mass is 9.96. The minimum absolute atomic E-state index is 0.375. The summed E-state index contributed by atoms with van der Waals surface area (Å²) in [5.41, 5.74) is 2.03. The number of rotatable bonds is 8. The Morgan fingerprint density at radius 3 is 2.76 bits per heavy atom. The van der Waals surface area contributed by atoms with Gasteiger partial charge in [0.05, 0.1) is 12.7 Å². The molecule has 114 valence electrons. The Balaban J connectivity index is 1.69. The van der Waals surface area contributed by atoms with E-state index in [2.05, 4.69) is 43.4 Å². The van der Waals surface area contributed by atoms with Crippen LogP contribution in [0.25, 0.3) is 0 Å². The maximum absolute atomic E-state index is 9.32. The fourth-order valence-electron chi connectivity index (χ4n) is 2.46. The van der Waals surface area contributed by atoms with Crippen molar-refractivity contribution in [3.8, 4) is 11.8 Å². The van der Waals surface area contributed by atoms with Crippen LogP contribution in [-0.2, 0) is 0 Å². The van der Waals surface area contributed by atoms with Crippen LogP contribution in [0.5, 0.6) is 5.75 Å². The second-order valence-electron chi connectivity index (χ2n) is 6.44. The van der Waals surface area contributed by atoms with E-state index in [1.165, 1.54) is 24.0 Å². The Hall–Kier alpha value is -1.53. The fourth-order valence-corrected chi connectivity index (χ4v) is 2.46. The highest BCUT2D eigenvalue weighted by atomic mass is 16.5. The van der Waals surface area contributed by atoms with Crippen LogP contribution in [0.3, 0.4) is 0 Å². The summed E-state index contributed by atoms with van der Waals surface area (Å²) in [5.74, 6) is 0.981. The third-order valence-electron chi connectivity index (χ3n) is 4.02. The highest BCUT2D eigenvalue weighted by molar-refractivity contribution is 5.35. The molecule has 1 fully saturated rings. The highest BCUT2D eigenvalue weighted by Crippen LogP contribution is 2.25. The van der Waals surface area contributed by atoms with Gasteiger partial charge in [0, 0.05) is 6.04 Å². The van der Waals surface area contributed by atoms with Gasteiger partial charge in [0.1, 0.15) is 11.3 Å². The van der Waals surface area contributed by atoms with Gasteiger partial charge in [-0.05, 0) is 70.1 Å². The van der Waals surface area contributed by atoms with Crippen molar-refractivity contribution < 1.29 is 4.74 Å². The Kier molecular flexibility index (Phi) is 5.25. The van der Waals surface area contributed by atoms with Crippen LogP contribution in [0.2, 0.25) is 0 Å². The molecule has 0 spiro atoms. The first-order valence-electron chi connectivity index (χ1n) is 7.91. The molecular formula is C18H26N2O. The molecular weight excluding hydrogens is 260 g/mol. The van der Waals surface area contributed by atoms with Gasteiger partial charge in [-0.25, -0.2) is 0 Å². The lowest BCUT2D eigenvalue weighted by Crippen LogP contribution is -2.42. The molecule has 2 rings (SSSR count). The number of hydrogen-bond donors (Lipinski definition) is 1. The summed E-state index contributed by atoms with van der Waals surface area (Å²) < 4.78 is 5.86. The zero-order chi connectivity index (χ0) is 15.3. The molecule has 1 saturated carbocycles. The third-order valence-corrected chi connectivity index (χ3v) is 4.02. The molecule has 1 N–H and O–H groups in total. The van der Waals surface area contributed by atoms with Gasteiger partial charge in [-0.15, -0.1) is 0 Å². The van der Waals surface area contributed by atoms with Crippen molar-refractivity contribution in [2.45, 2.75) is 64.5 Å². The van der Waals surface area contributed by atoms with E-state index in [9.17, 15) is 5.26 Å². The average Bonchev–Trinajstić information content (AvgIpc) is 3.26. The molecule has 3 nitrogen and oxygen atoms in total. The number of aryl methyl sites for hydroxylation is 2. The van der Waals surface area contributed by atoms with Crippen LogP contribution in [0.15, 0.2) is 18.2 Å². The Labute approximate surface area is 128 Å². The monoisotopic (exact) mass is 286 g/mol. The van der Waals surface area contributed by atoms with Crippen molar-refractivity contribution in [2.75, 3.05) is 6.61 Å². The van der Waals surface area contributed by atoms with Gasteiger partial charge in [0.2, 0.25) is 0 Å². The van der Waals surface area contributed by atoms with Gasteiger partial charge in [0.25, 0.3) is 0 Å². The minimum atomic E-state index is -0.375. The van der Waals surface area contributed by atoms with Crippen LogP contribution in [0.4, 0.5) is 0 Å². The summed E-state index contributed by atoms with van der Waals surface area (Å²) >= 11 is 0. The SMILES string of the molecule is Cc1ccc(C)c(OCCCCC(C)(C#N)NC2CC2)c1. The van der Waals surface area contributed by atoms with Gasteiger partial charge in [-0.2, -0.15) is 5.26 Å². The predicted octanol–water partition coefficient (Wildman–Crippen LogP) is 3.89. The van der Waals surface area contributed by atoms with Crippen LogP contribution >= 0.6 is 0 Å². The van der Waals surface area contributed by atoms with Gasteiger partial charge >= 0.3 is 0 Å². The van der Waals surface area contributed by atoms with Gasteiger partial charge in [-0.1, -0.05) is 12.1 Å². The van der Waals surface area contributed by atoms with E-state index in [0.29, 0.717) is 6.04 Å². The number of unbranched alkanes of at least 4 members (excludes halogenated alkanes) is 1. The molecule has 1 unspecified atom stereocenters. The lowest BCUT2D eigenvalue weighted by Gasteiger charge is -2.23. The average molecular weight is 286 g/mol. The number of nitrogens with one attached hydrogen (secondary N) is 1. The van der Waals surface area contributed by atoms with Crippen LogP contribution in [0, 0.1) is 25.2 Å². The summed E-state index contributed by atoms with van der Waals surface area (Å²) in [7, 11) is 0. The summed E-state index contributed by atoms with van der Waals surface area (Å²) in [5, 5.41) is 12.8. The van der Waals surface area contributed by atoms with E-state index in [0.717, 1.165) is 31.6 Å². The minimum Gasteiger partial charge on any atom is -0.493 e. The normalized spacial score (nSPS) is 17.0. The van der Waals surface area contributed by atoms with E-state index in [-0.39, 0.29) is 5.54 Å². The molecule has 1 aromatic rings. The first-order valence-corrected chi connectivity index (χ1v) is 7.91. The van der Waals surface area contributed by atoms with E-state index in [1.54, 1.807) is 0 Å². The Bertz CT molecular complexity index is 516. The van der Waals surface area contributed by atoms with E-state index in [4.69, 9.17) is 4.74 Å². The molecule has 0 aromatic heterocycles. The summed E-state index contributed by atoms with van der Waals surface area (Å²) in [6.45, 7) is 6.88. The molecule has 0 heterocycles. The van der Waals surface area contributed by atoms with Crippen molar-refractivity contribution in [3.63, 3.8) is 0 Å². The number of nitriles is 1. The van der Waals surface area contributed by atoms with Crippen molar-refractivity contribution in [1.82, 2.24) is 5.32 Å². The zero-order valence-corrected chi connectivity index (χ0v) is 13.4. The summed E-state index contributed by atoms with van der Waals surface area (Å²) in [6, 6.07) is 9.28. The summed E-state index contributed by atoms with van der Waals surface area (Å²) in [6.07, 6.45) is 5.31. The van der Waals surface area contributed by atoms with Crippen molar-refractivity contribution in [3.05, 3.63) is 29.3 Å². The number of ether oxygens (including phenoxy) is 1. The number of hydrogen-bond acceptors (Lipinski definition) is 3. The largest absolute Gasteiger partial charge is 0.493 e. The molecule has 3 heteroatoms.